The van der Waals surface area contributed by atoms with Gasteiger partial charge in [0.1, 0.15) is 0 Å². The molecule has 1 N–H and O–H groups in total. The molecule has 0 spiro atoms. The summed E-state index contributed by atoms with van der Waals surface area (Å²) in [7, 11) is 2.06. The van der Waals surface area contributed by atoms with Gasteiger partial charge in [-0.15, -0.1) is 0 Å². The Hall–Kier alpha value is -2.36. The molecule has 1 aromatic heterocycles. The molecular formula is C21H24N2O. The van der Waals surface area contributed by atoms with E-state index in [1.165, 1.54) is 11.3 Å². The lowest BCUT2D eigenvalue weighted by atomic mass is 10.1. The van der Waals surface area contributed by atoms with Gasteiger partial charge < -0.3 is 9.67 Å². The summed E-state index contributed by atoms with van der Waals surface area (Å²) in [4.78, 5) is 2.29. The van der Waals surface area contributed by atoms with E-state index in [4.69, 9.17) is 0 Å². The molecule has 124 valence electrons. The van der Waals surface area contributed by atoms with Crippen LogP contribution in [-0.4, -0.2) is 21.1 Å². The summed E-state index contributed by atoms with van der Waals surface area (Å²) in [5, 5.41) is 10.6. The van der Waals surface area contributed by atoms with Gasteiger partial charge in [0.25, 0.3) is 0 Å². The van der Waals surface area contributed by atoms with Gasteiger partial charge in [-0.25, -0.2) is 0 Å². The number of aliphatic hydroxyl groups is 1. The van der Waals surface area contributed by atoms with Crippen LogP contribution in [0.25, 0.3) is 0 Å². The lowest BCUT2D eigenvalue weighted by Crippen LogP contribution is -2.28. The normalized spacial score (nSPS) is 12.5. The van der Waals surface area contributed by atoms with Crippen LogP contribution in [0.4, 0.5) is 0 Å². The predicted octanol–water partition coefficient (Wildman–Crippen LogP) is 3.76. The minimum absolute atomic E-state index is 0.491. The summed E-state index contributed by atoms with van der Waals surface area (Å²) in [6.45, 7) is 2.22. The Morgan fingerprint density at radius 1 is 0.875 bits per heavy atom. The number of hydrogen-bond donors (Lipinski definition) is 1. The first-order valence-corrected chi connectivity index (χ1v) is 8.32. The number of aryl methyl sites for hydroxylation is 1. The fourth-order valence-corrected chi connectivity index (χ4v) is 2.94. The number of nitrogens with zero attached hydrogens (tertiary/aromatic N) is 2. The highest BCUT2D eigenvalue weighted by molar-refractivity contribution is 5.19. The SMILES string of the molecule is Cn1cccc1CN(Cc1ccccc1)CC(O)c1ccccc1. The van der Waals surface area contributed by atoms with Crippen molar-refractivity contribution in [2.45, 2.75) is 19.2 Å². The van der Waals surface area contributed by atoms with Gasteiger partial charge in [0.15, 0.2) is 0 Å². The molecule has 3 nitrogen and oxygen atoms in total. The first-order valence-electron chi connectivity index (χ1n) is 8.32. The lowest BCUT2D eigenvalue weighted by Gasteiger charge is -2.25. The van der Waals surface area contributed by atoms with Crippen LogP contribution in [0.5, 0.6) is 0 Å². The molecular weight excluding hydrogens is 296 g/mol. The Bertz CT molecular complexity index is 737. The van der Waals surface area contributed by atoms with Crippen molar-refractivity contribution >= 4 is 0 Å². The highest BCUT2D eigenvalue weighted by Crippen LogP contribution is 2.17. The second-order valence-electron chi connectivity index (χ2n) is 6.19. The summed E-state index contributed by atoms with van der Waals surface area (Å²) in [6, 6.07) is 24.5. The second-order valence-corrected chi connectivity index (χ2v) is 6.19. The molecule has 0 aliphatic carbocycles. The molecule has 0 aliphatic rings. The summed E-state index contributed by atoms with van der Waals surface area (Å²) in [6.07, 6.45) is 1.57. The molecule has 3 rings (SSSR count). The quantitative estimate of drug-likeness (QED) is 0.718. The van der Waals surface area contributed by atoms with E-state index < -0.39 is 6.10 Å². The number of benzene rings is 2. The van der Waals surface area contributed by atoms with Crippen molar-refractivity contribution in [2.24, 2.45) is 7.05 Å². The van der Waals surface area contributed by atoms with Crippen molar-refractivity contribution in [1.29, 1.82) is 0 Å². The zero-order chi connectivity index (χ0) is 16.8. The average molecular weight is 320 g/mol. The molecule has 0 saturated carbocycles. The van der Waals surface area contributed by atoms with E-state index in [0.717, 1.165) is 18.7 Å². The first kappa shape index (κ1) is 16.5. The van der Waals surface area contributed by atoms with Crippen LogP contribution in [0, 0.1) is 0 Å². The molecule has 0 saturated heterocycles. The molecule has 0 radical (unpaired) electrons. The van der Waals surface area contributed by atoms with Crippen LogP contribution in [0.1, 0.15) is 22.9 Å². The largest absolute Gasteiger partial charge is 0.387 e. The second kappa shape index (κ2) is 7.95. The van der Waals surface area contributed by atoms with Crippen molar-refractivity contribution in [3.63, 3.8) is 0 Å². The van der Waals surface area contributed by atoms with Crippen LogP contribution in [0.3, 0.4) is 0 Å². The van der Waals surface area contributed by atoms with Gasteiger partial charge in [0, 0.05) is 38.6 Å². The molecule has 24 heavy (non-hydrogen) atoms. The Kier molecular flexibility index (Phi) is 5.47. The van der Waals surface area contributed by atoms with Gasteiger partial charge >= 0.3 is 0 Å². The standard InChI is InChI=1S/C21H24N2O/c1-22-14-8-13-20(22)16-23(15-18-9-4-2-5-10-18)17-21(24)19-11-6-3-7-12-19/h2-14,21,24H,15-17H2,1H3. The Morgan fingerprint density at radius 2 is 1.54 bits per heavy atom. The number of rotatable bonds is 7. The topological polar surface area (TPSA) is 28.4 Å². The van der Waals surface area contributed by atoms with E-state index in [-0.39, 0.29) is 0 Å². The maximum absolute atomic E-state index is 10.6. The number of aromatic nitrogens is 1. The van der Waals surface area contributed by atoms with E-state index in [9.17, 15) is 5.11 Å². The summed E-state index contributed by atoms with van der Waals surface area (Å²) in [5.41, 5.74) is 3.46. The monoisotopic (exact) mass is 320 g/mol. The Labute approximate surface area is 143 Å². The van der Waals surface area contributed by atoms with Crippen LogP contribution in [0.15, 0.2) is 79.0 Å². The van der Waals surface area contributed by atoms with Gasteiger partial charge in [-0.05, 0) is 23.3 Å². The zero-order valence-electron chi connectivity index (χ0n) is 14.0. The lowest BCUT2D eigenvalue weighted by molar-refractivity contribution is 0.103. The summed E-state index contributed by atoms with van der Waals surface area (Å²) in [5.74, 6) is 0. The average Bonchev–Trinajstić information content (AvgIpc) is 3.01. The third-order valence-electron chi connectivity index (χ3n) is 4.30. The molecule has 1 unspecified atom stereocenters. The van der Waals surface area contributed by atoms with Crippen LogP contribution in [-0.2, 0) is 20.1 Å². The van der Waals surface area contributed by atoms with Gasteiger partial charge in [-0.3, -0.25) is 4.90 Å². The van der Waals surface area contributed by atoms with E-state index in [0.29, 0.717) is 6.54 Å². The number of aliphatic hydroxyl groups excluding tert-OH is 1. The van der Waals surface area contributed by atoms with Gasteiger partial charge in [-0.1, -0.05) is 60.7 Å². The van der Waals surface area contributed by atoms with E-state index >= 15 is 0 Å². The van der Waals surface area contributed by atoms with Crippen molar-refractivity contribution < 1.29 is 5.11 Å². The molecule has 0 aliphatic heterocycles. The van der Waals surface area contributed by atoms with Crippen LogP contribution in [0.2, 0.25) is 0 Å². The molecule has 0 amide bonds. The first-order chi connectivity index (χ1) is 11.7. The highest BCUT2D eigenvalue weighted by atomic mass is 16.3. The molecule has 0 fully saturated rings. The van der Waals surface area contributed by atoms with Crippen molar-refractivity contribution in [1.82, 2.24) is 9.47 Å². The fourth-order valence-electron chi connectivity index (χ4n) is 2.94. The smallest absolute Gasteiger partial charge is 0.0917 e. The van der Waals surface area contributed by atoms with E-state index in [1.54, 1.807) is 0 Å². The van der Waals surface area contributed by atoms with Gasteiger partial charge in [0.2, 0.25) is 0 Å². The summed E-state index contributed by atoms with van der Waals surface area (Å²) >= 11 is 0. The van der Waals surface area contributed by atoms with E-state index in [2.05, 4.69) is 59.1 Å². The van der Waals surface area contributed by atoms with E-state index in [1.807, 2.05) is 36.4 Å². The van der Waals surface area contributed by atoms with Crippen molar-refractivity contribution in [3.05, 3.63) is 95.8 Å². The van der Waals surface area contributed by atoms with Crippen molar-refractivity contribution in [2.75, 3.05) is 6.54 Å². The minimum atomic E-state index is -0.491. The molecule has 1 heterocycles. The minimum Gasteiger partial charge on any atom is -0.387 e. The molecule has 2 aromatic carbocycles. The van der Waals surface area contributed by atoms with Crippen LogP contribution >= 0.6 is 0 Å². The fraction of sp³-hybridized carbons (Fsp3) is 0.238. The van der Waals surface area contributed by atoms with Crippen molar-refractivity contribution in [3.8, 4) is 0 Å². The van der Waals surface area contributed by atoms with Crippen LogP contribution < -0.4 is 0 Å². The zero-order valence-corrected chi connectivity index (χ0v) is 14.0. The Balaban J connectivity index is 1.75. The molecule has 3 heteroatoms. The van der Waals surface area contributed by atoms with Gasteiger partial charge in [-0.2, -0.15) is 0 Å². The summed E-state index contributed by atoms with van der Waals surface area (Å²) < 4.78 is 2.13. The van der Waals surface area contributed by atoms with Gasteiger partial charge in [0.05, 0.1) is 6.10 Å². The third-order valence-corrected chi connectivity index (χ3v) is 4.30. The molecule has 1 atom stereocenters. The maximum Gasteiger partial charge on any atom is 0.0917 e. The molecule has 3 aromatic rings. The molecule has 0 bridgehead atoms. The Morgan fingerprint density at radius 3 is 2.17 bits per heavy atom. The maximum atomic E-state index is 10.6. The predicted molar refractivity (Wildman–Crippen MR) is 97.4 cm³/mol. The third kappa shape index (κ3) is 4.34. The highest BCUT2D eigenvalue weighted by Gasteiger charge is 2.15. The number of hydrogen-bond acceptors (Lipinski definition) is 2.